The first kappa shape index (κ1) is 19.5. The third kappa shape index (κ3) is 3.94. The Hall–Kier alpha value is -3.51. The highest BCUT2D eigenvalue weighted by molar-refractivity contribution is 6.06. The number of aromatic nitrogens is 3. The molecule has 0 aliphatic carbocycles. The number of hydrogen-bond donors (Lipinski definition) is 0. The van der Waals surface area contributed by atoms with Crippen molar-refractivity contribution in [3.8, 4) is 11.3 Å². The molecule has 0 saturated carbocycles. The molecule has 31 heavy (non-hydrogen) atoms. The van der Waals surface area contributed by atoms with Gasteiger partial charge in [0.15, 0.2) is 5.65 Å². The Labute approximate surface area is 181 Å². The van der Waals surface area contributed by atoms with E-state index in [0.717, 1.165) is 55.0 Å². The molecule has 4 aromatic rings. The number of hydrogen-bond acceptors (Lipinski definition) is 4. The van der Waals surface area contributed by atoms with Crippen LogP contribution < -0.4 is 0 Å². The molecule has 0 radical (unpaired) electrons. The van der Waals surface area contributed by atoms with Crippen molar-refractivity contribution in [2.24, 2.45) is 7.05 Å². The first-order valence-corrected chi connectivity index (χ1v) is 10.6. The second kappa shape index (κ2) is 8.32. The van der Waals surface area contributed by atoms with Gasteiger partial charge in [0, 0.05) is 45.3 Å². The molecule has 3 heterocycles. The highest BCUT2D eigenvalue weighted by atomic mass is 16.2. The van der Waals surface area contributed by atoms with Crippen LogP contribution in [0.4, 0.5) is 0 Å². The number of fused-ring (bicyclic) bond motifs is 1. The fourth-order valence-electron chi connectivity index (χ4n) is 4.17. The standard InChI is InChI=1S/C25H25N5O/c1-28-24-22(17-26-28)21(16-23(27-24)20-10-6-3-7-11-20)25(31)30-14-12-29(13-15-30)18-19-8-4-2-5-9-19/h2-11,16-17H,12-15,18H2,1H3. The molecule has 6 heteroatoms. The van der Waals surface area contributed by atoms with Gasteiger partial charge in [-0.2, -0.15) is 5.10 Å². The van der Waals surface area contributed by atoms with Gasteiger partial charge in [0.2, 0.25) is 0 Å². The second-order valence-electron chi connectivity index (χ2n) is 7.98. The van der Waals surface area contributed by atoms with E-state index in [9.17, 15) is 4.79 Å². The Kier molecular flexibility index (Phi) is 5.22. The number of piperazine rings is 1. The lowest BCUT2D eigenvalue weighted by atomic mass is 10.1. The van der Waals surface area contributed by atoms with Crippen molar-refractivity contribution in [2.75, 3.05) is 26.2 Å². The first-order valence-electron chi connectivity index (χ1n) is 10.6. The first-order chi connectivity index (χ1) is 15.2. The average Bonchev–Trinajstić information content (AvgIpc) is 3.20. The van der Waals surface area contributed by atoms with Crippen LogP contribution in [0.5, 0.6) is 0 Å². The maximum atomic E-state index is 13.5. The maximum Gasteiger partial charge on any atom is 0.254 e. The number of nitrogens with zero attached hydrogens (tertiary/aromatic N) is 5. The summed E-state index contributed by atoms with van der Waals surface area (Å²) in [5.41, 5.74) is 4.50. The van der Waals surface area contributed by atoms with E-state index in [0.29, 0.717) is 5.56 Å². The van der Waals surface area contributed by atoms with Gasteiger partial charge >= 0.3 is 0 Å². The fourth-order valence-corrected chi connectivity index (χ4v) is 4.17. The summed E-state index contributed by atoms with van der Waals surface area (Å²) in [5.74, 6) is 0.0527. The van der Waals surface area contributed by atoms with E-state index in [-0.39, 0.29) is 5.91 Å². The molecule has 0 N–H and O–H groups in total. The van der Waals surface area contributed by atoms with Crippen molar-refractivity contribution in [2.45, 2.75) is 6.54 Å². The predicted octanol–water partition coefficient (Wildman–Crippen LogP) is 3.59. The van der Waals surface area contributed by atoms with Crippen LogP contribution in [0.3, 0.4) is 0 Å². The summed E-state index contributed by atoms with van der Waals surface area (Å²) < 4.78 is 1.73. The number of carbonyl (C=O) groups is 1. The number of pyridine rings is 1. The van der Waals surface area contributed by atoms with E-state index in [1.165, 1.54) is 5.56 Å². The summed E-state index contributed by atoms with van der Waals surface area (Å²) in [6.07, 6.45) is 1.75. The molecule has 2 aromatic carbocycles. The van der Waals surface area contributed by atoms with Gasteiger partial charge in [-0.15, -0.1) is 0 Å². The van der Waals surface area contributed by atoms with Crippen LogP contribution >= 0.6 is 0 Å². The number of benzene rings is 2. The topological polar surface area (TPSA) is 54.3 Å². The van der Waals surface area contributed by atoms with Gasteiger partial charge in [0.25, 0.3) is 5.91 Å². The lowest BCUT2D eigenvalue weighted by molar-refractivity contribution is 0.0630. The molecule has 1 aliphatic rings. The Morgan fingerprint density at radius 2 is 1.61 bits per heavy atom. The second-order valence-corrected chi connectivity index (χ2v) is 7.98. The molecule has 6 nitrogen and oxygen atoms in total. The molecular weight excluding hydrogens is 386 g/mol. The molecule has 0 unspecified atom stereocenters. The normalized spacial score (nSPS) is 14.8. The fraction of sp³-hybridized carbons (Fsp3) is 0.240. The molecule has 156 valence electrons. The Morgan fingerprint density at radius 3 is 2.32 bits per heavy atom. The third-order valence-electron chi connectivity index (χ3n) is 5.91. The SMILES string of the molecule is Cn1ncc2c(C(=O)N3CCN(Cc4ccccc4)CC3)cc(-c3ccccc3)nc21. The number of carbonyl (C=O) groups excluding carboxylic acids is 1. The molecule has 5 rings (SSSR count). The molecule has 1 amide bonds. The smallest absolute Gasteiger partial charge is 0.254 e. The van der Waals surface area contributed by atoms with Crippen molar-refractivity contribution in [1.82, 2.24) is 24.6 Å². The number of rotatable bonds is 4. The van der Waals surface area contributed by atoms with Gasteiger partial charge in [-0.25, -0.2) is 4.98 Å². The molecular formula is C25H25N5O. The van der Waals surface area contributed by atoms with E-state index in [2.05, 4.69) is 34.3 Å². The Bertz CT molecular complexity index is 1190. The van der Waals surface area contributed by atoms with E-state index in [1.54, 1.807) is 10.9 Å². The van der Waals surface area contributed by atoms with E-state index >= 15 is 0 Å². The van der Waals surface area contributed by atoms with Gasteiger partial charge in [0.05, 0.1) is 22.8 Å². The zero-order valence-corrected chi connectivity index (χ0v) is 17.6. The van der Waals surface area contributed by atoms with Crippen LogP contribution in [0.2, 0.25) is 0 Å². The summed E-state index contributed by atoms with van der Waals surface area (Å²) in [5, 5.41) is 5.16. The van der Waals surface area contributed by atoms with Crippen LogP contribution in [0.25, 0.3) is 22.3 Å². The van der Waals surface area contributed by atoms with Crippen molar-refractivity contribution in [1.29, 1.82) is 0 Å². The van der Waals surface area contributed by atoms with Crippen molar-refractivity contribution in [3.63, 3.8) is 0 Å². The molecule has 0 bridgehead atoms. The van der Waals surface area contributed by atoms with Crippen LogP contribution in [-0.4, -0.2) is 56.7 Å². The average molecular weight is 412 g/mol. The van der Waals surface area contributed by atoms with Crippen molar-refractivity contribution in [3.05, 3.63) is 84.1 Å². The van der Waals surface area contributed by atoms with Gasteiger partial charge < -0.3 is 4.90 Å². The third-order valence-corrected chi connectivity index (χ3v) is 5.91. The summed E-state index contributed by atoms with van der Waals surface area (Å²) in [6.45, 7) is 4.09. The van der Waals surface area contributed by atoms with E-state index in [1.807, 2.05) is 54.4 Å². The summed E-state index contributed by atoms with van der Waals surface area (Å²) in [4.78, 5) is 22.6. The highest BCUT2D eigenvalue weighted by Gasteiger charge is 2.25. The molecule has 1 saturated heterocycles. The van der Waals surface area contributed by atoms with E-state index in [4.69, 9.17) is 4.98 Å². The van der Waals surface area contributed by atoms with Crippen LogP contribution in [0.1, 0.15) is 15.9 Å². The monoisotopic (exact) mass is 411 g/mol. The summed E-state index contributed by atoms with van der Waals surface area (Å²) in [7, 11) is 1.86. The quantitative estimate of drug-likeness (QED) is 0.515. The van der Waals surface area contributed by atoms with Gasteiger partial charge in [0.1, 0.15) is 0 Å². The van der Waals surface area contributed by atoms with Gasteiger partial charge in [-0.3, -0.25) is 14.4 Å². The van der Waals surface area contributed by atoms with E-state index < -0.39 is 0 Å². The van der Waals surface area contributed by atoms with Crippen LogP contribution in [0.15, 0.2) is 72.9 Å². The maximum absolute atomic E-state index is 13.5. The number of aryl methyl sites for hydroxylation is 1. The lowest BCUT2D eigenvalue weighted by Crippen LogP contribution is -2.48. The Balaban J connectivity index is 1.39. The highest BCUT2D eigenvalue weighted by Crippen LogP contribution is 2.26. The van der Waals surface area contributed by atoms with Crippen molar-refractivity contribution >= 4 is 16.9 Å². The molecule has 1 aliphatic heterocycles. The number of amides is 1. The predicted molar refractivity (Wildman–Crippen MR) is 122 cm³/mol. The largest absolute Gasteiger partial charge is 0.336 e. The lowest BCUT2D eigenvalue weighted by Gasteiger charge is -2.35. The van der Waals surface area contributed by atoms with Crippen molar-refractivity contribution < 1.29 is 4.79 Å². The molecule has 1 fully saturated rings. The zero-order valence-electron chi connectivity index (χ0n) is 17.6. The van der Waals surface area contributed by atoms with Gasteiger partial charge in [-0.1, -0.05) is 60.7 Å². The summed E-state index contributed by atoms with van der Waals surface area (Å²) in [6, 6.07) is 22.4. The molecule has 2 aromatic heterocycles. The van der Waals surface area contributed by atoms with Crippen LogP contribution in [0, 0.1) is 0 Å². The van der Waals surface area contributed by atoms with Crippen LogP contribution in [-0.2, 0) is 13.6 Å². The molecule has 0 atom stereocenters. The minimum atomic E-state index is 0.0527. The summed E-state index contributed by atoms with van der Waals surface area (Å²) >= 11 is 0. The minimum Gasteiger partial charge on any atom is -0.336 e. The van der Waals surface area contributed by atoms with Gasteiger partial charge in [-0.05, 0) is 11.6 Å². The Morgan fingerprint density at radius 1 is 0.935 bits per heavy atom. The zero-order chi connectivity index (χ0) is 21.2. The molecule has 0 spiro atoms. The minimum absolute atomic E-state index is 0.0527.